The van der Waals surface area contributed by atoms with E-state index < -0.39 is 24.0 Å². The van der Waals surface area contributed by atoms with Crippen LogP contribution in [0, 0.1) is 0 Å². The largest absolute Gasteiger partial charge is 0.416 e. The van der Waals surface area contributed by atoms with Gasteiger partial charge in [0.05, 0.1) is 5.56 Å². The van der Waals surface area contributed by atoms with Gasteiger partial charge < -0.3 is 10.6 Å². The van der Waals surface area contributed by atoms with E-state index in [4.69, 9.17) is 0 Å². The number of anilines is 1. The van der Waals surface area contributed by atoms with Gasteiger partial charge >= 0.3 is 12.4 Å². The number of rotatable bonds is 4. The zero-order chi connectivity index (χ0) is 19.8. The van der Waals surface area contributed by atoms with Crippen molar-refractivity contribution >= 4 is 5.82 Å². The predicted molar refractivity (Wildman–Crippen MR) is 88.4 cm³/mol. The summed E-state index contributed by atoms with van der Waals surface area (Å²) in [5, 5.41) is 5.20. The predicted octanol–water partition coefficient (Wildman–Crippen LogP) is 4.50. The lowest BCUT2D eigenvalue weighted by atomic mass is 10.0. The monoisotopic (exact) mass is 389 g/mol. The van der Waals surface area contributed by atoms with Gasteiger partial charge in [0, 0.05) is 12.2 Å². The summed E-state index contributed by atoms with van der Waals surface area (Å²) in [6.07, 6.45) is -7.19. The Morgan fingerprint density at radius 2 is 1.78 bits per heavy atom. The molecular formula is C18H17F6N3. The molecule has 0 saturated carbocycles. The van der Waals surface area contributed by atoms with Gasteiger partial charge in [-0.3, -0.25) is 0 Å². The molecule has 146 valence electrons. The molecule has 3 nitrogen and oxygen atoms in total. The van der Waals surface area contributed by atoms with Gasteiger partial charge in [-0.05, 0) is 48.7 Å². The van der Waals surface area contributed by atoms with Crippen LogP contribution < -0.4 is 10.6 Å². The fourth-order valence-electron chi connectivity index (χ4n) is 3.41. The first-order valence-electron chi connectivity index (χ1n) is 8.24. The van der Waals surface area contributed by atoms with Gasteiger partial charge in [0.25, 0.3) is 0 Å². The van der Waals surface area contributed by atoms with Crippen molar-refractivity contribution in [3.05, 3.63) is 58.8 Å². The van der Waals surface area contributed by atoms with Crippen LogP contribution >= 0.6 is 0 Å². The van der Waals surface area contributed by atoms with Crippen molar-refractivity contribution in [2.24, 2.45) is 0 Å². The Morgan fingerprint density at radius 1 is 1.04 bits per heavy atom. The maximum Gasteiger partial charge on any atom is 0.416 e. The number of hydrogen-bond donors (Lipinski definition) is 2. The maximum atomic E-state index is 13.1. The second-order valence-electron chi connectivity index (χ2n) is 6.43. The minimum Gasteiger partial charge on any atom is -0.367 e. The lowest BCUT2D eigenvalue weighted by Gasteiger charge is -2.20. The summed E-state index contributed by atoms with van der Waals surface area (Å²) < 4.78 is 78.1. The summed E-state index contributed by atoms with van der Waals surface area (Å²) in [5.41, 5.74) is 0.192. The van der Waals surface area contributed by atoms with Crippen LogP contribution in [0.2, 0.25) is 0 Å². The van der Waals surface area contributed by atoms with Gasteiger partial charge in [0.2, 0.25) is 0 Å². The highest BCUT2D eigenvalue weighted by atomic mass is 19.4. The number of alkyl halides is 6. The van der Waals surface area contributed by atoms with E-state index in [2.05, 4.69) is 15.6 Å². The first kappa shape index (κ1) is 19.5. The molecule has 0 amide bonds. The number of nitrogens with zero attached hydrogens (tertiary/aromatic N) is 1. The number of aromatic nitrogens is 1. The Bertz CT molecular complexity index is 798. The van der Waals surface area contributed by atoms with E-state index in [0.717, 1.165) is 12.3 Å². The zero-order valence-corrected chi connectivity index (χ0v) is 14.2. The van der Waals surface area contributed by atoms with Crippen LogP contribution in [0.3, 0.4) is 0 Å². The van der Waals surface area contributed by atoms with Gasteiger partial charge in [-0.15, -0.1) is 0 Å². The molecule has 0 fully saturated rings. The number of halogens is 6. The molecule has 9 heteroatoms. The molecule has 2 N–H and O–H groups in total. The molecule has 2 aromatic rings. The third-order valence-corrected chi connectivity index (χ3v) is 4.58. The van der Waals surface area contributed by atoms with Crippen molar-refractivity contribution in [3.63, 3.8) is 0 Å². The fraction of sp³-hybridized carbons (Fsp3) is 0.389. The minimum absolute atomic E-state index is 0.0374. The van der Waals surface area contributed by atoms with Crippen molar-refractivity contribution in [2.45, 2.75) is 37.3 Å². The third-order valence-electron chi connectivity index (χ3n) is 4.58. The first-order chi connectivity index (χ1) is 12.6. The first-order valence-corrected chi connectivity index (χ1v) is 8.24. The molecule has 0 aliphatic heterocycles. The van der Waals surface area contributed by atoms with Crippen molar-refractivity contribution in [1.29, 1.82) is 0 Å². The van der Waals surface area contributed by atoms with Crippen LogP contribution in [-0.2, 0) is 19.0 Å². The Balaban J connectivity index is 1.72. The average Bonchev–Trinajstić information content (AvgIpc) is 2.97. The van der Waals surface area contributed by atoms with Crippen LogP contribution in [0.1, 0.15) is 28.3 Å². The van der Waals surface area contributed by atoms with Crippen LogP contribution in [-0.4, -0.2) is 24.2 Å². The van der Waals surface area contributed by atoms with Crippen molar-refractivity contribution in [2.75, 3.05) is 12.4 Å². The summed E-state index contributed by atoms with van der Waals surface area (Å²) in [7, 11) is 1.21. The number of benzene rings is 1. The average molecular weight is 389 g/mol. The Labute approximate surface area is 151 Å². The standard InChI is InChI=1S/C18H17F6N3/c1-25-16(18(22,23)24)11-5-6-15(26-9-11)27-12-7-10-3-2-4-14(13(10)8-12)17(19,20)21/h2-6,9,12,16,25H,7-8H2,1H3,(H,26,27). The highest BCUT2D eigenvalue weighted by Crippen LogP contribution is 2.37. The molecule has 2 atom stereocenters. The second-order valence-corrected chi connectivity index (χ2v) is 6.43. The summed E-state index contributed by atoms with van der Waals surface area (Å²) >= 11 is 0. The fourth-order valence-corrected chi connectivity index (χ4v) is 3.41. The molecule has 2 unspecified atom stereocenters. The molecule has 0 spiro atoms. The van der Waals surface area contributed by atoms with E-state index in [9.17, 15) is 26.3 Å². The van der Waals surface area contributed by atoms with Crippen LogP contribution in [0.25, 0.3) is 0 Å². The Kier molecular flexibility index (Phi) is 5.07. The SMILES string of the molecule is CNC(c1ccc(NC2Cc3cccc(C(F)(F)F)c3C2)nc1)C(F)(F)F. The molecule has 3 rings (SSSR count). The highest BCUT2D eigenvalue weighted by Gasteiger charge is 2.40. The normalized spacial score (nSPS) is 18.3. The molecule has 0 radical (unpaired) electrons. The Morgan fingerprint density at radius 3 is 2.33 bits per heavy atom. The lowest BCUT2D eigenvalue weighted by molar-refractivity contribution is -0.156. The lowest BCUT2D eigenvalue weighted by Crippen LogP contribution is -2.31. The molecule has 1 aliphatic carbocycles. The van der Waals surface area contributed by atoms with Crippen molar-refractivity contribution in [1.82, 2.24) is 10.3 Å². The maximum absolute atomic E-state index is 13.1. The summed E-state index contributed by atoms with van der Waals surface area (Å²) in [6, 6.07) is 4.67. The van der Waals surface area contributed by atoms with Gasteiger partial charge in [-0.25, -0.2) is 4.98 Å². The van der Waals surface area contributed by atoms with E-state index in [-0.39, 0.29) is 23.6 Å². The molecule has 1 aliphatic rings. The van der Waals surface area contributed by atoms with Crippen molar-refractivity contribution in [3.8, 4) is 0 Å². The van der Waals surface area contributed by atoms with Crippen LogP contribution in [0.4, 0.5) is 32.2 Å². The summed E-state index contributed by atoms with van der Waals surface area (Å²) in [5.74, 6) is 0.321. The zero-order valence-electron chi connectivity index (χ0n) is 14.2. The second kappa shape index (κ2) is 7.03. The van der Waals surface area contributed by atoms with Crippen LogP contribution in [0.5, 0.6) is 0 Å². The topological polar surface area (TPSA) is 37.0 Å². The number of fused-ring (bicyclic) bond motifs is 1. The molecule has 0 bridgehead atoms. The van der Waals surface area contributed by atoms with Gasteiger partial charge in [-0.1, -0.05) is 18.2 Å². The van der Waals surface area contributed by atoms with E-state index in [0.29, 0.717) is 17.8 Å². The smallest absolute Gasteiger partial charge is 0.367 e. The minimum atomic E-state index is -4.45. The van der Waals surface area contributed by atoms with E-state index in [1.165, 1.54) is 25.2 Å². The van der Waals surface area contributed by atoms with E-state index in [1.54, 1.807) is 6.07 Å². The van der Waals surface area contributed by atoms with Crippen LogP contribution in [0.15, 0.2) is 36.5 Å². The van der Waals surface area contributed by atoms with Gasteiger partial charge in [-0.2, -0.15) is 26.3 Å². The molecule has 1 aromatic heterocycles. The molecule has 1 aromatic carbocycles. The molecule has 1 heterocycles. The van der Waals surface area contributed by atoms with Crippen molar-refractivity contribution < 1.29 is 26.3 Å². The number of nitrogens with one attached hydrogen (secondary N) is 2. The Hall–Kier alpha value is -2.29. The summed E-state index contributed by atoms with van der Waals surface area (Å²) in [4.78, 5) is 3.99. The molecular weight excluding hydrogens is 372 g/mol. The quantitative estimate of drug-likeness (QED) is 0.756. The van der Waals surface area contributed by atoms with E-state index in [1.807, 2.05) is 0 Å². The van der Waals surface area contributed by atoms with Gasteiger partial charge in [0.1, 0.15) is 11.9 Å². The van der Waals surface area contributed by atoms with Gasteiger partial charge in [0.15, 0.2) is 0 Å². The molecule has 0 saturated heterocycles. The number of pyridine rings is 1. The summed E-state index contributed by atoms with van der Waals surface area (Å²) in [6.45, 7) is 0. The highest BCUT2D eigenvalue weighted by molar-refractivity contribution is 5.46. The number of hydrogen-bond acceptors (Lipinski definition) is 3. The third kappa shape index (κ3) is 4.18. The molecule has 27 heavy (non-hydrogen) atoms. The van der Waals surface area contributed by atoms with E-state index >= 15 is 0 Å².